The molecule has 1 aliphatic heterocycles. The number of amides is 1. The van der Waals surface area contributed by atoms with E-state index in [-0.39, 0.29) is 12.0 Å². The summed E-state index contributed by atoms with van der Waals surface area (Å²) in [4.78, 5) is 18.5. The van der Waals surface area contributed by atoms with E-state index in [0.29, 0.717) is 24.4 Å². The molecule has 126 valence electrons. The van der Waals surface area contributed by atoms with Crippen LogP contribution in [0.3, 0.4) is 0 Å². The van der Waals surface area contributed by atoms with Gasteiger partial charge in [-0.05, 0) is 11.6 Å². The van der Waals surface area contributed by atoms with Crippen LogP contribution in [0.5, 0.6) is 0 Å². The second kappa shape index (κ2) is 7.90. The van der Waals surface area contributed by atoms with Gasteiger partial charge in [-0.15, -0.1) is 0 Å². The molecule has 0 saturated carbocycles. The lowest BCUT2D eigenvalue weighted by molar-refractivity contribution is -0.0292. The topological polar surface area (TPSA) is 80.5 Å². The first-order valence-corrected chi connectivity index (χ1v) is 8.08. The second-order valence-corrected chi connectivity index (χ2v) is 5.89. The lowest BCUT2D eigenvalue weighted by Gasteiger charge is -2.33. The summed E-state index contributed by atoms with van der Waals surface area (Å²) in [6.07, 6.45) is 3.02. The number of benzene rings is 1. The van der Waals surface area contributed by atoms with Gasteiger partial charge < -0.3 is 15.8 Å². The Hall–Kier alpha value is -2.44. The summed E-state index contributed by atoms with van der Waals surface area (Å²) in [5.41, 5.74) is 7.91. The predicted octanol–water partition coefficient (Wildman–Crippen LogP) is 1.29. The van der Waals surface area contributed by atoms with Crippen molar-refractivity contribution in [2.75, 3.05) is 32.0 Å². The van der Waals surface area contributed by atoms with Crippen molar-refractivity contribution in [3.05, 3.63) is 59.9 Å². The molecule has 6 heteroatoms. The molecule has 2 aromatic rings. The molecular formula is C18H22N4O2. The van der Waals surface area contributed by atoms with E-state index in [1.165, 1.54) is 11.8 Å². The number of carbonyl (C=O) groups excluding carboxylic acids is 1. The molecule has 0 radical (unpaired) electrons. The summed E-state index contributed by atoms with van der Waals surface area (Å²) in [6, 6.07) is 12.0. The Labute approximate surface area is 141 Å². The Morgan fingerprint density at radius 3 is 2.96 bits per heavy atom. The Bertz CT molecular complexity index is 678. The van der Waals surface area contributed by atoms with E-state index in [0.717, 1.165) is 19.6 Å². The van der Waals surface area contributed by atoms with E-state index in [2.05, 4.69) is 27.3 Å². The fraction of sp³-hybridized carbons (Fsp3) is 0.333. The number of nitrogens with zero attached hydrogens (tertiary/aromatic N) is 2. The van der Waals surface area contributed by atoms with Crippen LogP contribution in [0.15, 0.2) is 48.8 Å². The number of nitrogen functional groups attached to an aromatic ring is 1. The van der Waals surface area contributed by atoms with E-state index in [4.69, 9.17) is 10.5 Å². The molecule has 3 N–H and O–H groups in total. The van der Waals surface area contributed by atoms with Crippen LogP contribution in [-0.4, -0.2) is 48.1 Å². The van der Waals surface area contributed by atoms with Crippen LogP contribution in [0.2, 0.25) is 0 Å². The number of ether oxygens (including phenoxy) is 1. The summed E-state index contributed by atoms with van der Waals surface area (Å²) in [7, 11) is 0. The lowest BCUT2D eigenvalue weighted by Crippen LogP contribution is -2.47. The number of nitrogens with one attached hydrogen (secondary N) is 1. The second-order valence-electron chi connectivity index (χ2n) is 5.89. The number of hydrogen-bond donors (Lipinski definition) is 2. The largest absolute Gasteiger partial charge is 0.398 e. The van der Waals surface area contributed by atoms with Gasteiger partial charge in [0.05, 0.1) is 18.3 Å². The molecule has 1 amide bonds. The highest BCUT2D eigenvalue weighted by atomic mass is 16.5. The highest BCUT2D eigenvalue weighted by Gasteiger charge is 2.21. The van der Waals surface area contributed by atoms with Crippen LogP contribution >= 0.6 is 0 Å². The van der Waals surface area contributed by atoms with Crippen molar-refractivity contribution in [1.29, 1.82) is 0 Å². The molecule has 1 aromatic heterocycles. The quantitative estimate of drug-likeness (QED) is 0.865. The minimum Gasteiger partial charge on any atom is -0.398 e. The van der Waals surface area contributed by atoms with E-state index in [9.17, 15) is 4.79 Å². The molecule has 1 aliphatic rings. The van der Waals surface area contributed by atoms with E-state index in [1.54, 1.807) is 12.3 Å². The normalized spacial score (nSPS) is 18.2. The van der Waals surface area contributed by atoms with Gasteiger partial charge in [-0.1, -0.05) is 30.3 Å². The van der Waals surface area contributed by atoms with Gasteiger partial charge in [0, 0.05) is 44.3 Å². The molecule has 0 spiro atoms. The van der Waals surface area contributed by atoms with E-state index in [1.807, 2.05) is 18.2 Å². The first-order valence-electron chi connectivity index (χ1n) is 8.08. The zero-order valence-electron chi connectivity index (χ0n) is 13.5. The standard InChI is InChI=1S/C18H22N4O2/c19-17-6-7-20-11-16(17)18(23)21-10-15-13-22(8-9-24-15)12-14-4-2-1-3-5-14/h1-7,11,15H,8-10,12-13H2,(H2,19,20)(H,21,23). The van der Waals surface area contributed by atoms with Crippen molar-refractivity contribution >= 4 is 11.6 Å². The van der Waals surface area contributed by atoms with Crippen molar-refractivity contribution in [3.8, 4) is 0 Å². The van der Waals surface area contributed by atoms with Gasteiger partial charge in [0.25, 0.3) is 5.91 Å². The predicted molar refractivity (Wildman–Crippen MR) is 92.4 cm³/mol. The molecule has 1 atom stereocenters. The number of rotatable bonds is 5. The number of aromatic nitrogens is 1. The number of hydrogen-bond acceptors (Lipinski definition) is 5. The maximum atomic E-state index is 12.2. The Morgan fingerprint density at radius 2 is 2.17 bits per heavy atom. The van der Waals surface area contributed by atoms with E-state index >= 15 is 0 Å². The monoisotopic (exact) mass is 326 g/mol. The zero-order valence-corrected chi connectivity index (χ0v) is 13.5. The van der Waals surface area contributed by atoms with Crippen LogP contribution in [0.4, 0.5) is 5.69 Å². The number of pyridine rings is 1. The number of carbonyl (C=O) groups is 1. The van der Waals surface area contributed by atoms with Gasteiger partial charge in [0.15, 0.2) is 0 Å². The fourth-order valence-electron chi connectivity index (χ4n) is 2.79. The van der Waals surface area contributed by atoms with Crippen LogP contribution in [0, 0.1) is 0 Å². The molecule has 0 bridgehead atoms. The Morgan fingerprint density at radius 1 is 1.33 bits per heavy atom. The van der Waals surface area contributed by atoms with Crippen molar-refractivity contribution in [1.82, 2.24) is 15.2 Å². The molecule has 2 heterocycles. The van der Waals surface area contributed by atoms with Crippen LogP contribution in [-0.2, 0) is 11.3 Å². The Kier molecular flexibility index (Phi) is 5.40. The molecule has 6 nitrogen and oxygen atoms in total. The molecular weight excluding hydrogens is 304 g/mol. The summed E-state index contributed by atoms with van der Waals surface area (Å²) >= 11 is 0. The summed E-state index contributed by atoms with van der Waals surface area (Å²) in [5, 5.41) is 2.88. The number of morpholine rings is 1. The van der Waals surface area contributed by atoms with Crippen molar-refractivity contribution in [2.24, 2.45) is 0 Å². The van der Waals surface area contributed by atoms with Crippen molar-refractivity contribution in [3.63, 3.8) is 0 Å². The van der Waals surface area contributed by atoms with Gasteiger partial charge in [0.1, 0.15) is 0 Å². The van der Waals surface area contributed by atoms with Crippen LogP contribution < -0.4 is 11.1 Å². The summed E-state index contributed by atoms with van der Waals surface area (Å²) in [5.74, 6) is -0.218. The molecule has 1 fully saturated rings. The average molecular weight is 326 g/mol. The molecule has 1 aromatic carbocycles. The minimum absolute atomic E-state index is 0.0238. The zero-order chi connectivity index (χ0) is 16.8. The number of nitrogens with two attached hydrogens (primary N) is 1. The van der Waals surface area contributed by atoms with Gasteiger partial charge >= 0.3 is 0 Å². The molecule has 24 heavy (non-hydrogen) atoms. The molecule has 1 saturated heterocycles. The first-order chi connectivity index (χ1) is 11.7. The van der Waals surface area contributed by atoms with Gasteiger partial charge in [-0.2, -0.15) is 0 Å². The fourth-order valence-corrected chi connectivity index (χ4v) is 2.79. The smallest absolute Gasteiger partial charge is 0.255 e. The van der Waals surface area contributed by atoms with Crippen LogP contribution in [0.25, 0.3) is 0 Å². The highest BCUT2D eigenvalue weighted by molar-refractivity contribution is 5.98. The maximum Gasteiger partial charge on any atom is 0.255 e. The van der Waals surface area contributed by atoms with Crippen molar-refractivity contribution < 1.29 is 9.53 Å². The first kappa shape index (κ1) is 16.4. The van der Waals surface area contributed by atoms with Crippen LogP contribution in [0.1, 0.15) is 15.9 Å². The third kappa shape index (κ3) is 4.31. The molecule has 0 aliphatic carbocycles. The van der Waals surface area contributed by atoms with Gasteiger partial charge in [0.2, 0.25) is 0 Å². The third-order valence-corrected chi connectivity index (χ3v) is 4.06. The third-order valence-electron chi connectivity index (χ3n) is 4.06. The van der Waals surface area contributed by atoms with Crippen molar-refractivity contribution in [2.45, 2.75) is 12.6 Å². The Balaban J connectivity index is 1.50. The average Bonchev–Trinajstić information content (AvgIpc) is 2.61. The maximum absolute atomic E-state index is 12.2. The molecule has 3 rings (SSSR count). The minimum atomic E-state index is -0.218. The summed E-state index contributed by atoms with van der Waals surface area (Å²) in [6.45, 7) is 3.71. The number of anilines is 1. The molecule has 1 unspecified atom stereocenters. The highest BCUT2D eigenvalue weighted by Crippen LogP contribution is 2.11. The lowest BCUT2D eigenvalue weighted by atomic mass is 10.2. The van der Waals surface area contributed by atoms with Gasteiger partial charge in [-0.3, -0.25) is 14.7 Å². The SMILES string of the molecule is Nc1ccncc1C(=O)NCC1CN(Cc2ccccc2)CCO1. The van der Waals surface area contributed by atoms with E-state index < -0.39 is 0 Å². The van der Waals surface area contributed by atoms with Gasteiger partial charge in [-0.25, -0.2) is 0 Å². The summed E-state index contributed by atoms with van der Waals surface area (Å²) < 4.78 is 5.76.